The van der Waals surface area contributed by atoms with E-state index in [2.05, 4.69) is 6.07 Å². The summed E-state index contributed by atoms with van der Waals surface area (Å²) in [5.41, 5.74) is 4.37. The van der Waals surface area contributed by atoms with E-state index in [4.69, 9.17) is 14.2 Å². The van der Waals surface area contributed by atoms with Gasteiger partial charge in [-0.2, -0.15) is 0 Å². The van der Waals surface area contributed by atoms with Gasteiger partial charge in [0.05, 0.1) is 13.2 Å². The van der Waals surface area contributed by atoms with Gasteiger partial charge in [0.15, 0.2) is 11.5 Å². The van der Waals surface area contributed by atoms with Gasteiger partial charge in [-0.1, -0.05) is 60.7 Å². The van der Waals surface area contributed by atoms with Gasteiger partial charge >= 0.3 is 0 Å². The van der Waals surface area contributed by atoms with Gasteiger partial charge in [0.1, 0.15) is 12.7 Å². The Morgan fingerprint density at radius 1 is 0.848 bits per heavy atom. The lowest BCUT2D eigenvalue weighted by Gasteiger charge is -2.30. The maximum Gasteiger partial charge on any atom is 0.248 e. The first-order valence-electron chi connectivity index (χ1n) is 11.6. The normalized spacial score (nSPS) is 13.0. The third kappa shape index (κ3) is 5.55. The standard InChI is InChI=1S/C28H31NO4/c1-3-31-25-17-23-15-16-29(19-24(23)18-26(25)32-4-2)27(30)20-33-28(21-11-7-5-8-12-21)22-13-9-6-10-14-22/h5-14,17-18,28H,3-4,15-16,19-20H2,1-2H3. The zero-order chi connectivity index (χ0) is 23.0. The Hall–Kier alpha value is -3.31. The molecule has 0 unspecified atom stereocenters. The summed E-state index contributed by atoms with van der Waals surface area (Å²) in [7, 11) is 0. The Balaban J connectivity index is 1.46. The number of hydrogen-bond acceptors (Lipinski definition) is 4. The van der Waals surface area contributed by atoms with Gasteiger partial charge in [-0.25, -0.2) is 0 Å². The fourth-order valence-corrected chi connectivity index (χ4v) is 4.20. The maximum absolute atomic E-state index is 13.1. The van der Waals surface area contributed by atoms with Crippen LogP contribution in [0, 0.1) is 0 Å². The second-order valence-corrected chi connectivity index (χ2v) is 8.01. The van der Waals surface area contributed by atoms with E-state index in [9.17, 15) is 4.79 Å². The predicted octanol–water partition coefficient (Wildman–Crippen LogP) is 5.17. The van der Waals surface area contributed by atoms with Crippen molar-refractivity contribution in [3.8, 4) is 11.5 Å². The van der Waals surface area contributed by atoms with Crippen molar-refractivity contribution in [1.82, 2.24) is 4.90 Å². The second-order valence-electron chi connectivity index (χ2n) is 8.01. The molecule has 0 bridgehead atoms. The maximum atomic E-state index is 13.1. The molecule has 172 valence electrons. The predicted molar refractivity (Wildman–Crippen MR) is 129 cm³/mol. The smallest absolute Gasteiger partial charge is 0.248 e. The molecule has 3 aromatic carbocycles. The van der Waals surface area contributed by atoms with Crippen molar-refractivity contribution in [3.63, 3.8) is 0 Å². The molecule has 0 spiro atoms. The van der Waals surface area contributed by atoms with Crippen LogP contribution in [0.5, 0.6) is 11.5 Å². The number of amides is 1. The summed E-state index contributed by atoms with van der Waals surface area (Å²) in [6.45, 7) is 6.31. The Kier molecular flexibility index (Phi) is 7.63. The van der Waals surface area contributed by atoms with Gasteiger partial charge in [-0.05, 0) is 54.7 Å². The van der Waals surface area contributed by atoms with Crippen LogP contribution < -0.4 is 9.47 Å². The number of carbonyl (C=O) groups is 1. The third-order valence-corrected chi connectivity index (χ3v) is 5.81. The van der Waals surface area contributed by atoms with Crippen molar-refractivity contribution in [2.45, 2.75) is 32.9 Å². The van der Waals surface area contributed by atoms with Crippen LogP contribution in [0.2, 0.25) is 0 Å². The molecule has 0 atom stereocenters. The van der Waals surface area contributed by atoms with E-state index in [1.807, 2.05) is 85.5 Å². The average Bonchev–Trinajstić information content (AvgIpc) is 2.86. The fourth-order valence-electron chi connectivity index (χ4n) is 4.20. The molecule has 0 aromatic heterocycles. The molecule has 0 aliphatic carbocycles. The van der Waals surface area contributed by atoms with E-state index in [-0.39, 0.29) is 18.6 Å². The van der Waals surface area contributed by atoms with Crippen LogP contribution in [0.25, 0.3) is 0 Å². The van der Waals surface area contributed by atoms with Gasteiger partial charge < -0.3 is 19.1 Å². The molecule has 1 heterocycles. The highest BCUT2D eigenvalue weighted by atomic mass is 16.5. The van der Waals surface area contributed by atoms with Gasteiger partial charge in [0.25, 0.3) is 0 Å². The van der Waals surface area contributed by atoms with E-state index >= 15 is 0 Å². The number of nitrogens with zero attached hydrogens (tertiary/aromatic N) is 1. The van der Waals surface area contributed by atoms with Crippen LogP contribution in [0.1, 0.15) is 42.2 Å². The average molecular weight is 446 g/mol. The minimum absolute atomic E-state index is 0.00985. The molecule has 5 nitrogen and oxygen atoms in total. The summed E-state index contributed by atoms with van der Waals surface area (Å²) in [6.07, 6.45) is 0.501. The number of fused-ring (bicyclic) bond motifs is 1. The Bertz CT molecular complexity index is 1010. The molecule has 3 aromatic rings. The monoisotopic (exact) mass is 445 g/mol. The molecule has 33 heavy (non-hydrogen) atoms. The summed E-state index contributed by atoms with van der Waals surface area (Å²) in [5, 5.41) is 0. The summed E-state index contributed by atoms with van der Waals surface area (Å²) in [4.78, 5) is 15.0. The Morgan fingerprint density at radius 3 is 1.94 bits per heavy atom. The van der Waals surface area contributed by atoms with Gasteiger partial charge in [-0.15, -0.1) is 0 Å². The lowest BCUT2D eigenvalue weighted by atomic mass is 9.98. The number of rotatable bonds is 9. The first kappa shape index (κ1) is 22.9. The molecule has 1 aliphatic rings. The van der Waals surface area contributed by atoms with E-state index in [0.29, 0.717) is 26.3 Å². The number of hydrogen-bond donors (Lipinski definition) is 0. The zero-order valence-corrected chi connectivity index (χ0v) is 19.3. The van der Waals surface area contributed by atoms with Crippen molar-refractivity contribution >= 4 is 5.91 Å². The third-order valence-electron chi connectivity index (χ3n) is 5.81. The summed E-state index contributed by atoms with van der Waals surface area (Å²) < 4.78 is 17.7. The van der Waals surface area contributed by atoms with Crippen molar-refractivity contribution in [1.29, 1.82) is 0 Å². The highest BCUT2D eigenvalue weighted by Gasteiger charge is 2.24. The molecule has 0 saturated carbocycles. The number of ether oxygens (including phenoxy) is 3. The minimum atomic E-state index is -0.285. The quantitative estimate of drug-likeness (QED) is 0.456. The van der Waals surface area contributed by atoms with Crippen molar-refractivity contribution in [3.05, 3.63) is 95.1 Å². The van der Waals surface area contributed by atoms with Gasteiger partial charge in [-0.3, -0.25) is 4.79 Å². The summed E-state index contributed by atoms with van der Waals surface area (Å²) in [5.74, 6) is 1.50. The number of carbonyl (C=O) groups excluding carboxylic acids is 1. The van der Waals surface area contributed by atoms with Crippen LogP contribution in [0.3, 0.4) is 0 Å². The van der Waals surface area contributed by atoms with Crippen LogP contribution in [-0.2, 0) is 22.5 Å². The minimum Gasteiger partial charge on any atom is -0.490 e. The molecular formula is C28H31NO4. The molecule has 4 rings (SSSR count). The Labute approximate surface area is 195 Å². The molecular weight excluding hydrogens is 414 g/mol. The van der Waals surface area contributed by atoms with E-state index in [1.165, 1.54) is 5.56 Å². The lowest BCUT2D eigenvalue weighted by Crippen LogP contribution is -2.38. The highest BCUT2D eigenvalue weighted by Crippen LogP contribution is 2.34. The topological polar surface area (TPSA) is 48.0 Å². The van der Waals surface area contributed by atoms with Crippen molar-refractivity contribution in [2.24, 2.45) is 0 Å². The van der Waals surface area contributed by atoms with Crippen molar-refractivity contribution < 1.29 is 19.0 Å². The van der Waals surface area contributed by atoms with Crippen LogP contribution in [0.15, 0.2) is 72.8 Å². The largest absolute Gasteiger partial charge is 0.490 e. The first-order valence-corrected chi connectivity index (χ1v) is 11.6. The molecule has 0 fully saturated rings. The SMILES string of the molecule is CCOc1cc2c(cc1OCC)CN(C(=O)COC(c1ccccc1)c1ccccc1)CC2. The zero-order valence-electron chi connectivity index (χ0n) is 19.3. The molecule has 5 heteroatoms. The van der Waals surface area contributed by atoms with Crippen LogP contribution >= 0.6 is 0 Å². The molecule has 0 N–H and O–H groups in total. The molecule has 0 radical (unpaired) electrons. The highest BCUT2D eigenvalue weighted by molar-refractivity contribution is 5.78. The molecule has 1 aliphatic heterocycles. The van der Waals surface area contributed by atoms with Gasteiger partial charge in [0, 0.05) is 13.1 Å². The fraction of sp³-hybridized carbons (Fsp3) is 0.321. The second kappa shape index (κ2) is 11.0. The summed E-state index contributed by atoms with van der Waals surface area (Å²) >= 11 is 0. The lowest BCUT2D eigenvalue weighted by molar-refractivity contribution is -0.138. The van der Waals surface area contributed by atoms with Crippen LogP contribution in [0.4, 0.5) is 0 Å². The summed E-state index contributed by atoms with van der Waals surface area (Å²) in [6, 6.07) is 24.1. The van der Waals surface area contributed by atoms with Crippen LogP contribution in [-0.4, -0.2) is 37.2 Å². The number of benzene rings is 3. The van der Waals surface area contributed by atoms with Crippen molar-refractivity contribution in [2.75, 3.05) is 26.4 Å². The first-order chi connectivity index (χ1) is 16.2. The van der Waals surface area contributed by atoms with Gasteiger partial charge in [0.2, 0.25) is 5.91 Å². The Morgan fingerprint density at radius 2 is 1.39 bits per heavy atom. The molecule has 1 amide bonds. The van der Waals surface area contributed by atoms with E-state index in [1.54, 1.807) is 0 Å². The molecule has 0 saturated heterocycles. The van der Waals surface area contributed by atoms with E-state index < -0.39 is 0 Å². The van der Waals surface area contributed by atoms with E-state index in [0.717, 1.165) is 34.6 Å².